The smallest absolute Gasteiger partial charge is 0.124 e. The molecule has 0 heterocycles. The predicted octanol–water partition coefficient (Wildman–Crippen LogP) is 3.93. The molecule has 2 N–H and O–H groups in total. The van der Waals surface area contributed by atoms with Gasteiger partial charge in [0.2, 0.25) is 0 Å². The summed E-state index contributed by atoms with van der Waals surface area (Å²) in [6, 6.07) is 8.23. The summed E-state index contributed by atoms with van der Waals surface area (Å²) in [5.74, 6) is 1.47. The van der Waals surface area contributed by atoms with Crippen molar-refractivity contribution in [3.63, 3.8) is 0 Å². The molecule has 0 spiro atoms. The van der Waals surface area contributed by atoms with E-state index in [1.54, 1.807) is 7.11 Å². The maximum atomic E-state index is 6.55. The van der Waals surface area contributed by atoms with Gasteiger partial charge in [0.15, 0.2) is 0 Å². The van der Waals surface area contributed by atoms with Gasteiger partial charge in [-0.15, -0.1) is 0 Å². The fourth-order valence-corrected chi connectivity index (χ4v) is 3.16. The zero-order chi connectivity index (χ0) is 15.3. The normalized spacial score (nSPS) is 20.2. The van der Waals surface area contributed by atoms with Gasteiger partial charge in [0, 0.05) is 18.7 Å². The molecule has 1 atom stereocenters. The quantitative estimate of drug-likeness (QED) is 0.808. The van der Waals surface area contributed by atoms with Crippen molar-refractivity contribution in [1.29, 1.82) is 0 Å². The Morgan fingerprint density at radius 2 is 1.86 bits per heavy atom. The second kappa shape index (κ2) is 7.28. The van der Waals surface area contributed by atoms with E-state index in [0.717, 1.165) is 11.3 Å². The van der Waals surface area contributed by atoms with Gasteiger partial charge >= 0.3 is 0 Å². The Morgan fingerprint density at radius 3 is 2.52 bits per heavy atom. The van der Waals surface area contributed by atoms with Crippen LogP contribution in [0.1, 0.15) is 51.1 Å². The molecule has 21 heavy (non-hydrogen) atoms. The number of hydrogen-bond acceptors (Lipinski definition) is 3. The first kappa shape index (κ1) is 16.3. The SMILES string of the molecule is COCCOc1ccccc1C(N)C1CCC(C)(C)CC1. The summed E-state index contributed by atoms with van der Waals surface area (Å²) in [5, 5.41) is 0. The van der Waals surface area contributed by atoms with Crippen molar-refractivity contribution >= 4 is 0 Å². The lowest BCUT2D eigenvalue weighted by molar-refractivity contribution is 0.143. The molecule has 1 fully saturated rings. The molecule has 2 rings (SSSR count). The average Bonchev–Trinajstić information content (AvgIpc) is 2.47. The molecule has 118 valence electrons. The number of hydrogen-bond donors (Lipinski definition) is 1. The van der Waals surface area contributed by atoms with Crippen molar-refractivity contribution in [3.8, 4) is 5.75 Å². The first-order valence-corrected chi connectivity index (χ1v) is 8.00. The van der Waals surface area contributed by atoms with Crippen LogP contribution in [-0.4, -0.2) is 20.3 Å². The minimum absolute atomic E-state index is 0.0693. The van der Waals surface area contributed by atoms with Crippen LogP contribution in [0.15, 0.2) is 24.3 Å². The maximum absolute atomic E-state index is 6.55. The van der Waals surface area contributed by atoms with Crippen LogP contribution in [0.2, 0.25) is 0 Å². The Morgan fingerprint density at radius 1 is 1.19 bits per heavy atom. The monoisotopic (exact) mass is 291 g/mol. The Labute approximate surface area is 128 Å². The summed E-state index contributed by atoms with van der Waals surface area (Å²) >= 11 is 0. The molecular formula is C18H29NO2. The third-order valence-electron chi connectivity index (χ3n) is 4.71. The zero-order valence-electron chi connectivity index (χ0n) is 13.6. The third-order valence-corrected chi connectivity index (χ3v) is 4.71. The largest absolute Gasteiger partial charge is 0.491 e. The molecule has 0 saturated heterocycles. The first-order chi connectivity index (χ1) is 10.0. The van der Waals surface area contributed by atoms with Gasteiger partial charge in [-0.1, -0.05) is 32.0 Å². The third kappa shape index (κ3) is 4.45. The van der Waals surface area contributed by atoms with Gasteiger partial charge < -0.3 is 15.2 Å². The van der Waals surface area contributed by atoms with Crippen molar-refractivity contribution in [1.82, 2.24) is 0 Å². The molecule has 0 bridgehead atoms. The Balaban J connectivity index is 2.03. The number of methoxy groups -OCH3 is 1. The van der Waals surface area contributed by atoms with Crippen molar-refractivity contribution < 1.29 is 9.47 Å². The molecule has 1 aromatic rings. The number of benzene rings is 1. The highest BCUT2D eigenvalue weighted by atomic mass is 16.5. The van der Waals surface area contributed by atoms with Crippen molar-refractivity contribution in [3.05, 3.63) is 29.8 Å². The van der Waals surface area contributed by atoms with E-state index in [0.29, 0.717) is 24.5 Å². The number of para-hydroxylation sites is 1. The Hall–Kier alpha value is -1.06. The summed E-state index contributed by atoms with van der Waals surface area (Å²) in [6.45, 7) is 5.88. The highest BCUT2D eigenvalue weighted by Crippen LogP contribution is 2.43. The highest BCUT2D eigenvalue weighted by molar-refractivity contribution is 5.36. The molecule has 0 aliphatic heterocycles. The number of ether oxygens (including phenoxy) is 2. The second-order valence-electron chi connectivity index (χ2n) is 6.91. The predicted molar refractivity (Wildman–Crippen MR) is 86.5 cm³/mol. The van der Waals surface area contributed by atoms with Crippen LogP contribution in [0.3, 0.4) is 0 Å². The molecule has 3 heteroatoms. The molecule has 1 aliphatic rings. The van der Waals surface area contributed by atoms with Gasteiger partial charge in [-0.2, -0.15) is 0 Å². The first-order valence-electron chi connectivity index (χ1n) is 8.00. The maximum Gasteiger partial charge on any atom is 0.124 e. The van der Waals surface area contributed by atoms with Gasteiger partial charge in [-0.25, -0.2) is 0 Å². The molecule has 0 radical (unpaired) electrons. The summed E-state index contributed by atoms with van der Waals surface area (Å²) in [5.41, 5.74) is 8.17. The minimum Gasteiger partial charge on any atom is -0.491 e. The molecule has 1 saturated carbocycles. The Bertz CT molecular complexity index is 435. The van der Waals surface area contributed by atoms with Crippen molar-refractivity contribution in [2.24, 2.45) is 17.1 Å². The van der Waals surface area contributed by atoms with E-state index in [-0.39, 0.29) is 6.04 Å². The van der Waals surface area contributed by atoms with E-state index in [1.165, 1.54) is 25.7 Å². The summed E-state index contributed by atoms with van der Waals surface area (Å²) in [6.07, 6.45) is 4.94. The summed E-state index contributed by atoms with van der Waals surface area (Å²) < 4.78 is 10.9. The van der Waals surface area contributed by atoms with Crippen LogP contribution < -0.4 is 10.5 Å². The van der Waals surface area contributed by atoms with Crippen LogP contribution in [0.5, 0.6) is 5.75 Å². The van der Waals surface area contributed by atoms with Gasteiger partial charge in [-0.3, -0.25) is 0 Å². The van der Waals surface area contributed by atoms with E-state index in [2.05, 4.69) is 19.9 Å². The van der Waals surface area contributed by atoms with E-state index in [1.807, 2.05) is 18.2 Å². The van der Waals surface area contributed by atoms with Gasteiger partial charge in [0.05, 0.1) is 6.61 Å². The Kier molecular flexibility index (Phi) is 5.65. The molecule has 1 aromatic carbocycles. The average molecular weight is 291 g/mol. The van der Waals surface area contributed by atoms with Crippen LogP contribution >= 0.6 is 0 Å². The van der Waals surface area contributed by atoms with Gasteiger partial charge in [-0.05, 0) is 43.1 Å². The molecular weight excluding hydrogens is 262 g/mol. The highest BCUT2D eigenvalue weighted by Gasteiger charge is 2.31. The minimum atomic E-state index is 0.0693. The van der Waals surface area contributed by atoms with Crippen LogP contribution in [0, 0.1) is 11.3 Å². The molecule has 0 amide bonds. The topological polar surface area (TPSA) is 44.5 Å². The lowest BCUT2D eigenvalue weighted by atomic mass is 9.70. The van der Waals surface area contributed by atoms with E-state index in [9.17, 15) is 0 Å². The lowest BCUT2D eigenvalue weighted by Gasteiger charge is -2.37. The number of rotatable bonds is 6. The van der Waals surface area contributed by atoms with Crippen LogP contribution in [0.25, 0.3) is 0 Å². The summed E-state index contributed by atoms with van der Waals surface area (Å²) in [4.78, 5) is 0. The van der Waals surface area contributed by atoms with Crippen molar-refractivity contribution in [2.75, 3.05) is 20.3 Å². The summed E-state index contributed by atoms with van der Waals surface area (Å²) in [7, 11) is 1.69. The molecule has 3 nitrogen and oxygen atoms in total. The van der Waals surface area contributed by atoms with Crippen molar-refractivity contribution in [2.45, 2.75) is 45.6 Å². The van der Waals surface area contributed by atoms with Gasteiger partial charge in [0.25, 0.3) is 0 Å². The molecule has 0 aromatic heterocycles. The lowest BCUT2D eigenvalue weighted by Crippen LogP contribution is -2.29. The second-order valence-corrected chi connectivity index (χ2v) is 6.91. The van der Waals surface area contributed by atoms with Gasteiger partial charge in [0.1, 0.15) is 12.4 Å². The molecule has 1 unspecified atom stereocenters. The fraction of sp³-hybridized carbons (Fsp3) is 0.667. The number of nitrogens with two attached hydrogens (primary N) is 1. The zero-order valence-corrected chi connectivity index (χ0v) is 13.6. The van der Waals surface area contributed by atoms with E-state index < -0.39 is 0 Å². The fourth-order valence-electron chi connectivity index (χ4n) is 3.16. The van der Waals surface area contributed by atoms with Crippen LogP contribution in [-0.2, 0) is 4.74 Å². The standard InChI is InChI=1S/C18H29NO2/c1-18(2)10-8-14(9-11-18)17(19)15-6-4-5-7-16(15)21-13-12-20-3/h4-7,14,17H,8-13,19H2,1-3H3. The van der Waals surface area contributed by atoms with Crippen LogP contribution in [0.4, 0.5) is 0 Å². The van der Waals surface area contributed by atoms with E-state index >= 15 is 0 Å². The van der Waals surface area contributed by atoms with E-state index in [4.69, 9.17) is 15.2 Å². The molecule has 1 aliphatic carbocycles.